The van der Waals surface area contributed by atoms with Crippen molar-refractivity contribution in [2.75, 3.05) is 13.7 Å². The van der Waals surface area contributed by atoms with E-state index in [4.69, 9.17) is 9.47 Å². The minimum Gasteiger partial charge on any atom is -0.495 e. The van der Waals surface area contributed by atoms with E-state index in [1.54, 1.807) is 29.0 Å². The molecule has 0 aliphatic carbocycles. The van der Waals surface area contributed by atoms with E-state index in [1.165, 1.54) is 19.2 Å². The van der Waals surface area contributed by atoms with E-state index in [1.807, 2.05) is 0 Å². The lowest BCUT2D eigenvalue weighted by molar-refractivity contribution is -0.142. The van der Waals surface area contributed by atoms with Gasteiger partial charge in [0.05, 0.1) is 30.5 Å². The Morgan fingerprint density at radius 3 is 2.82 bits per heavy atom. The molecule has 4 aromatic rings. The van der Waals surface area contributed by atoms with Crippen LogP contribution in [0.5, 0.6) is 5.75 Å². The maximum Gasteiger partial charge on any atom is 0.419 e. The van der Waals surface area contributed by atoms with Crippen molar-refractivity contribution in [1.29, 1.82) is 5.26 Å². The second kappa shape index (κ2) is 7.64. The van der Waals surface area contributed by atoms with Crippen LogP contribution in [0.1, 0.15) is 28.6 Å². The summed E-state index contributed by atoms with van der Waals surface area (Å²) < 4.78 is 67.7. The molecule has 1 N–H and O–H groups in total. The van der Waals surface area contributed by atoms with Crippen LogP contribution in [0.15, 0.2) is 42.6 Å². The smallest absolute Gasteiger partial charge is 0.419 e. The lowest BCUT2D eigenvalue weighted by Crippen LogP contribution is -2.25. The van der Waals surface area contributed by atoms with Crippen LogP contribution in [0.2, 0.25) is 0 Å². The molecule has 2 aromatic carbocycles. The Labute approximate surface area is 185 Å². The number of nitrogens with one attached hydrogen (secondary N) is 1. The van der Waals surface area contributed by atoms with Gasteiger partial charge in [0.25, 0.3) is 0 Å². The predicted molar refractivity (Wildman–Crippen MR) is 110 cm³/mol. The van der Waals surface area contributed by atoms with Crippen molar-refractivity contribution < 1.29 is 27.0 Å². The summed E-state index contributed by atoms with van der Waals surface area (Å²) in [5.74, 6) is -0.698. The number of halogens is 4. The Morgan fingerprint density at radius 2 is 2.09 bits per heavy atom. The van der Waals surface area contributed by atoms with Crippen LogP contribution in [0.4, 0.5) is 17.6 Å². The van der Waals surface area contributed by atoms with E-state index in [0.29, 0.717) is 40.1 Å². The van der Waals surface area contributed by atoms with Gasteiger partial charge in [-0.2, -0.15) is 18.4 Å². The Balaban J connectivity index is 1.62. The van der Waals surface area contributed by atoms with E-state index < -0.39 is 23.7 Å². The Kier molecular flexibility index (Phi) is 4.87. The lowest BCUT2D eigenvalue weighted by Gasteiger charge is -2.26. The Morgan fingerprint density at radius 1 is 1.27 bits per heavy atom. The van der Waals surface area contributed by atoms with Gasteiger partial charge in [-0.1, -0.05) is 12.1 Å². The van der Waals surface area contributed by atoms with Crippen molar-refractivity contribution in [3.05, 3.63) is 70.9 Å². The molecule has 0 bridgehead atoms. The van der Waals surface area contributed by atoms with E-state index in [2.05, 4.69) is 16.0 Å². The van der Waals surface area contributed by atoms with Crippen LogP contribution in [0.25, 0.3) is 22.3 Å². The van der Waals surface area contributed by atoms with Gasteiger partial charge in [-0.3, -0.25) is 0 Å². The summed E-state index contributed by atoms with van der Waals surface area (Å²) in [7, 11) is 1.47. The zero-order valence-electron chi connectivity index (χ0n) is 17.2. The molecule has 3 heterocycles. The van der Waals surface area contributed by atoms with E-state index in [-0.39, 0.29) is 18.0 Å². The van der Waals surface area contributed by atoms with Gasteiger partial charge in [0.1, 0.15) is 35.3 Å². The zero-order valence-corrected chi connectivity index (χ0v) is 17.2. The van der Waals surface area contributed by atoms with Gasteiger partial charge in [-0.15, -0.1) is 0 Å². The highest BCUT2D eigenvalue weighted by Crippen LogP contribution is 2.41. The molecule has 1 unspecified atom stereocenters. The van der Waals surface area contributed by atoms with Crippen molar-refractivity contribution in [1.82, 2.24) is 14.5 Å². The van der Waals surface area contributed by atoms with Crippen LogP contribution in [0, 0.1) is 17.1 Å². The average Bonchev–Trinajstić information content (AvgIpc) is 3.41. The molecule has 0 spiro atoms. The second-order valence-corrected chi connectivity index (χ2v) is 7.53. The first-order chi connectivity index (χ1) is 15.8. The number of nitrogens with zero attached hydrogens (tertiary/aromatic N) is 3. The zero-order chi connectivity index (χ0) is 23.3. The number of fused-ring (bicyclic) bond motifs is 2. The highest BCUT2D eigenvalue weighted by molar-refractivity contribution is 5.92. The number of aromatic amines is 1. The van der Waals surface area contributed by atoms with Gasteiger partial charge >= 0.3 is 6.18 Å². The summed E-state index contributed by atoms with van der Waals surface area (Å²) in [6.45, 7) is 0.533. The Hall–Kier alpha value is -3.84. The number of hydrogen-bond donors (Lipinski definition) is 1. The number of hydrogen-bond acceptors (Lipinski definition) is 4. The Bertz CT molecular complexity index is 1410. The highest BCUT2D eigenvalue weighted by atomic mass is 19.4. The van der Waals surface area contributed by atoms with E-state index in [0.717, 1.165) is 6.07 Å². The number of aromatic nitrogens is 3. The third-order valence-corrected chi connectivity index (χ3v) is 5.63. The van der Waals surface area contributed by atoms with Crippen molar-refractivity contribution >= 4 is 10.9 Å². The molecule has 6 nitrogen and oxygen atoms in total. The fraction of sp³-hybridized carbons (Fsp3) is 0.217. The van der Waals surface area contributed by atoms with Gasteiger partial charge in [0.2, 0.25) is 0 Å². The highest BCUT2D eigenvalue weighted by Gasteiger charge is 2.40. The minimum atomic E-state index is -4.88. The molecular formula is C23H16F4N4O2. The molecule has 1 atom stereocenters. The summed E-state index contributed by atoms with van der Waals surface area (Å²) in [5.41, 5.74) is 0.476. The maximum absolute atomic E-state index is 14.2. The molecule has 0 saturated carbocycles. The van der Waals surface area contributed by atoms with Gasteiger partial charge in [0, 0.05) is 29.2 Å². The fourth-order valence-electron chi connectivity index (χ4n) is 4.20. The van der Waals surface area contributed by atoms with Crippen molar-refractivity contribution in [3.63, 3.8) is 0 Å². The molecule has 168 valence electrons. The lowest BCUT2D eigenvalue weighted by atomic mass is 10.00. The van der Waals surface area contributed by atoms with Crippen molar-refractivity contribution in [3.8, 4) is 23.2 Å². The van der Waals surface area contributed by atoms with Gasteiger partial charge < -0.3 is 19.0 Å². The van der Waals surface area contributed by atoms with E-state index in [9.17, 15) is 22.8 Å². The van der Waals surface area contributed by atoms with Gasteiger partial charge in [0.15, 0.2) is 0 Å². The van der Waals surface area contributed by atoms with Crippen LogP contribution in [0.3, 0.4) is 0 Å². The molecular weight excluding hydrogens is 440 g/mol. The molecule has 10 heteroatoms. The normalized spacial score (nSPS) is 15.9. The first-order valence-electron chi connectivity index (χ1n) is 9.96. The van der Waals surface area contributed by atoms with Crippen LogP contribution in [-0.4, -0.2) is 28.3 Å². The maximum atomic E-state index is 14.2. The molecule has 0 amide bonds. The number of ether oxygens (including phenoxy) is 2. The summed E-state index contributed by atoms with van der Waals surface area (Å²) in [5, 5.41) is 9.98. The molecule has 5 rings (SSSR count). The van der Waals surface area contributed by atoms with Crippen molar-refractivity contribution in [2.24, 2.45) is 0 Å². The number of benzene rings is 2. The fourth-order valence-corrected chi connectivity index (χ4v) is 4.20. The molecule has 33 heavy (non-hydrogen) atoms. The van der Waals surface area contributed by atoms with Crippen LogP contribution < -0.4 is 4.74 Å². The second-order valence-electron chi connectivity index (χ2n) is 7.53. The topological polar surface area (TPSA) is 75.9 Å². The molecule has 1 aliphatic heterocycles. The SMILES string of the molecule is COc1c(C#N)ccc2[nH]c(-c3cn4c(n3)C(c3cccc(F)c3C(F)(F)F)OCC4)cc12. The standard InChI is InChI=1S/C23H16F4N4O2/c1-32-20-12(10-28)5-6-16-14(20)9-17(29-16)18-11-31-7-8-33-21(22(31)30-18)13-3-2-4-15(24)19(13)23(25,26)27/h2-6,9,11,21,29H,7-8H2,1H3. The van der Waals surface area contributed by atoms with Gasteiger partial charge in [-0.05, 0) is 24.3 Å². The van der Waals surface area contributed by atoms with Crippen LogP contribution >= 0.6 is 0 Å². The molecule has 1 aliphatic rings. The predicted octanol–water partition coefficient (Wildman–Crippen LogP) is 5.19. The number of rotatable bonds is 3. The number of alkyl halides is 3. The summed E-state index contributed by atoms with van der Waals surface area (Å²) >= 11 is 0. The summed E-state index contributed by atoms with van der Waals surface area (Å²) in [4.78, 5) is 7.74. The molecule has 2 aromatic heterocycles. The monoisotopic (exact) mass is 456 g/mol. The number of nitriles is 1. The molecule has 0 saturated heterocycles. The van der Waals surface area contributed by atoms with E-state index >= 15 is 0 Å². The third kappa shape index (κ3) is 3.41. The number of methoxy groups -OCH3 is 1. The molecule has 0 fully saturated rings. The summed E-state index contributed by atoms with van der Waals surface area (Å²) in [6, 6.07) is 10.4. The van der Waals surface area contributed by atoms with Crippen molar-refractivity contribution in [2.45, 2.75) is 18.8 Å². The summed E-state index contributed by atoms with van der Waals surface area (Å²) in [6.07, 6.45) is -4.35. The quantitative estimate of drug-likeness (QED) is 0.431. The number of imidazole rings is 1. The third-order valence-electron chi connectivity index (χ3n) is 5.63. The van der Waals surface area contributed by atoms with Crippen LogP contribution in [-0.2, 0) is 17.5 Å². The van der Waals surface area contributed by atoms with Gasteiger partial charge in [-0.25, -0.2) is 9.37 Å². The molecule has 0 radical (unpaired) electrons. The largest absolute Gasteiger partial charge is 0.495 e. The number of H-pyrrole nitrogens is 1. The first-order valence-corrected chi connectivity index (χ1v) is 9.96. The average molecular weight is 456 g/mol. The minimum absolute atomic E-state index is 0.146. The first kappa shape index (κ1) is 21.0.